The Balaban J connectivity index is 1.84. The van der Waals surface area contributed by atoms with E-state index in [4.69, 9.17) is 0 Å². The van der Waals surface area contributed by atoms with Crippen LogP contribution in [0.4, 0.5) is 0 Å². The minimum absolute atomic E-state index is 0.0274. The average molecular weight is 404 g/mol. The van der Waals surface area contributed by atoms with Gasteiger partial charge in [0.25, 0.3) is 5.91 Å². The van der Waals surface area contributed by atoms with Gasteiger partial charge in [-0.3, -0.25) is 9.59 Å². The van der Waals surface area contributed by atoms with Gasteiger partial charge in [0.2, 0.25) is 5.91 Å². The van der Waals surface area contributed by atoms with Crippen LogP contribution in [0.2, 0.25) is 0 Å². The summed E-state index contributed by atoms with van der Waals surface area (Å²) in [6.07, 6.45) is 2.98. The second-order valence-electron chi connectivity index (χ2n) is 8.61. The number of aryl methyl sites for hydroxylation is 1. The quantitative estimate of drug-likeness (QED) is 0.692. The molecule has 2 atom stereocenters. The molecule has 0 bridgehead atoms. The zero-order valence-corrected chi connectivity index (χ0v) is 18.1. The number of nitrogens with one attached hydrogen (secondary N) is 1. The second kappa shape index (κ2) is 7.98. The predicted octanol–water partition coefficient (Wildman–Crippen LogP) is 4.25. The summed E-state index contributed by atoms with van der Waals surface area (Å²) in [5.41, 5.74) is 3.51. The lowest BCUT2D eigenvalue weighted by Gasteiger charge is -2.39. The smallest absolute Gasteiger partial charge is 0.254 e. The van der Waals surface area contributed by atoms with E-state index in [1.54, 1.807) is 11.9 Å². The lowest BCUT2D eigenvalue weighted by atomic mass is 9.79. The Morgan fingerprint density at radius 1 is 1.03 bits per heavy atom. The number of para-hydroxylation sites is 1. The largest absolute Gasteiger partial charge is 0.355 e. The first-order chi connectivity index (χ1) is 14.4. The molecule has 0 fully saturated rings. The number of hydrogen-bond acceptors (Lipinski definition) is 2. The average Bonchev–Trinajstić information content (AvgIpc) is 3.06. The normalized spacial score (nSPS) is 18.7. The van der Waals surface area contributed by atoms with E-state index in [1.165, 1.54) is 0 Å². The number of carbonyl (C=O) groups is 2. The number of carbonyl (C=O) groups excluding carboxylic acids is 2. The summed E-state index contributed by atoms with van der Waals surface area (Å²) in [6.45, 7) is 4.93. The van der Waals surface area contributed by atoms with Gasteiger partial charge in [-0.1, -0.05) is 50.2 Å². The number of aromatic nitrogens is 1. The van der Waals surface area contributed by atoms with E-state index in [0.717, 1.165) is 28.5 Å². The predicted molar refractivity (Wildman–Crippen MR) is 119 cm³/mol. The number of hydrogen-bond donors (Lipinski definition) is 1. The summed E-state index contributed by atoms with van der Waals surface area (Å²) in [4.78, 5) is 28.4. The van der Waals surface area contributed by atoms with Gasteiger partial charge < -0.3 is 14.8 Å². The van der Waals surface area contributed by atoms with Crippen molar-refractivity contribution in [1.82, 2.24) is 14.8 Å². The Kier molecular flexibility index (Phi) is 5.37. The zero-order chi connectivity index (χ0) is 21.4. The van der Waals surface area contributed by atoms with E-state index in [1.807, 2.05) is 43.4 Å². The van der Waals surface area contributed by atoms with Crippen LogP contribution in [0.1, 0.15) is 53.7 Å². The van der Waals surface area contributed by atoms with Crippen molar-refractivity contribution in [2.75, 3.05) is 13.6 Å². The number of nitrogens with zero attached hydrogens (tertiary/aromatic N) is 2. The van der Waals surface area contributed by atoms with E-state index in [2.05, 4.69) is 42.1 Å². The van der Waals surface area contributed by atoms with Crippen molar-refractivity contribution in [1.29, 1.82) is 0 Å². The van der Waals surface area contributed by atoms with Gasteiger partial charge in [-0.25, -0.2) is 0 Å². The van der Waals surface area contributed by atoms with E-state index < -0.39 is 5.92 Å². The van der Waals surface area contributed by atoms with Crippen LogP contribution in [0.5, 0.6) is 0 Å². The highest BCUT2D eigenvalue weighted by Crippen LogP contribution is 2.44. The van der Waals surface area contributed by atoms with Gasteiger partial charge in [0.15, 0.2) is 0 Å². The molecule has 2 aromatic carbocycles. The van der Waals surface area contributed by atoms with Crippen molar-refractivity contribution in [2.24, 2.45) is 13.0 Å². The maximum Gasteiger partial charge on any atom is 0.254 e. The third-order valence-electron chi connectivity index (χ3n) is 6.13. The molecule has 0 spiro atoms. The van der Waals surface area contributed by atoms with Gasteiger partial charge in [0, 0.05) is 48.9 Å². The highest BCUT2D eigenvalue weighted by molar-refractivity contribution is 6.02. The number of benzene rings is 2. The standard InChI is InChI=1S/C25H29N3O2/c1-16(2)13-14-26-24(29)22-18-10-5-6-11-19(18)25(30)28(4)23(22)20-15-27(3)21-12-8-7-9-17(20)21/h5-12,15-16,22-23H,13-14H2,1-4H3,(H,26,29)/t22-,23+/m1/s1. The molecule has 0 saturated carbocycles. The first-order valence-corrected chi connectivity index (χ1v) is 10.6. The summed E-state index contributed by atoms with van der Waals surface area (Å²) in [7, 11) is 3.81. The van der Waals surface area contributed by atoms with Crippen LogP contribution >= 0.6 is 0 Å². The molecule has 1 N–H and O–H groups in total. The summed E-state index contributed by atoms with van der Waals surface area (Å²) >= 11 is 0. The minimum Gasteiger partial charge on any atom is -0.355 e. The van der Waals surface area contributed by atoms with E-state index in [-0.39, 0.29) is 17.9 Å². The second-order valence-corrected chi connectivity index (χ2v) is 8.61. The van der Waals surface area contributed by atoms with E-state index in [9.17, 15) is 9.59 Å². The van der Waals surface area contributed by atoms with E-state index >= 15 is 0 Å². The molecule has 0 unspecified atom stereocenters. The number of rotatable bonds is 5. The lowest BCUT2D eigenvalue weighted by Crippen LogP contribution is -2.45. The van der Waals surface area contributed by atoms with E-state index in [0.29, 0.717) is 18.0 Å². The Hall–Kier alpha value is -3.08. The number of amides is 2. The van der Waals surface area contributed by atoms with Gasteiger partial charge in [-0.05, 0) is 30.0 Å². The first-order valence-electron chi connectivity index (χ1n) is 10.6. The minimum atomic E-state index is -0.457. The van der Waals surface area contributed by atoms with Crippen molar-refractivity contribution < 1.29 is 9.59 Å². The van der Waals surface area contributed by atoms with Crippen LogP contribution in [0.15, 0.2) is 54.7 Å². The van der Waals surface area contributed by atoms with Crippen molar-refractivity contribution in [3.63, 3.8) is 0 Å². The van der Waals surface area contributed by atoms with Crippen molar-refractivity contribution >= 4 is 22.7 Å². The van der Waals surface area contributed by atoms with Gasteiger partial charge in [0.05, 0.1) is 12.0 Å². The fraction of sp³-hybridized carbons (Fsp3) is 0.360. The molecule has 0 aliphatic carbocycles. The molecule has 4 rings (SSSR count). The van der Waals surface area contributed by atoms with Gasteiger partial charge in [-0.15, -0.1) is 0 Å². The molecule has 1 aromatic heterocycles. The molecule has 0 radical (unpaired) electrons. The Bertz CT molecular complexity index is 1100. The molecule has 2 amide bonds. The van der Waals surface area contributed by atoms with Crippen LogP contribution in [0.25, 0.3) is 10.9 Å². The highest BCUT2D eigenvalue weighted by atomic mass is 16.2. The van der Waals surface area contributed by atoms with Gasteiger partial charge in [-0.2, -0.15) is 0 Å². The molecule has 2 heterocycles. The number of likely N-dealkylation sites (N-methyl/N-ethyl adjacent to an activating group) is 1. The SMILES string of the molecule is CC(C)CCNC(=O)[C@@H]1c2ccccc2C(=O)N(C)[C@H]1c1cn(C)c2ccccc12. The summed E-state index contributed by atoms with van der Waals surface area (Å²) in [5, 5.41) is 4.20. The van der Waals surface area contributed by atoms with Crippen molar-refractivity contribution in [3.05, 3.63) is 71.4 Å². The molecule has 1 aliphatic heterocycles. The third kappa shape index (κ3) is 3.38. The van der Waals surface area contributed by atoms with Crippen LogP contribution in [0.3, 0.4) is 0 Å². The molecular formula is C25H29N3O2. The molecule has 0 saturated heterocycles. The molecule has 3 aromatic rings. The fourth-order valence-electron chi connectivity index (χ4n) is 4.55. The van der Waals surface area contributed by atoms with Crippen molar-refractivity contribution in [3.8, 4) is 0 Å². The van der Waals surface area contributed by atoms with Gasteiger partial charge >= 0.3 is 0 Å². The van der Waals surface area contributed by atoms with Crippen LogP contribution in [-0.2, 0) is 11.8 Å². The van der Waals surface area contributed by atoms with Crippen molar-refractivity contribution in [2.45, 2.75) is 32.2 Å². The number of fused-ring (bicyclic) bond motifs is 2. The lowest BCUT2D eigenvalue weighted by molar-refractivity contribution is -0.124. The van der Waals surface area contributed by atoms with Crippen LogP contribution < -0.4 is 5.32 Å². The Morgan fingerprint density at radius 3 is 2.50 bits per heavy atom. The molecule has 1 aliphatic rings. The summed E-state index contributed by atoms with van der Waals surface area (Å²) < 4.78 is 2.07. The summed E-state index contributed by atoms with van der Waals surface area (Å²) in [5.74, 6) is -0.0147. The molecular weight excluding hydrogens is 374 g/mol. The topological polar surface area (TPSA) is 54.3 Å². The maximum absolute atomic E-state index is 13.5. The first kappa shape index (κ1) is 20.2. The van der Waals surface area contributed by atoms with Crippen LogP contribution in [-0.4, -0.2) is 34.9 Å². The maximum atomic E-state index is 13.5. The fourth-order valence-corrected chi connectivity index (χ4v) is 4.55. The molecule has 30 heavy (non-hydrogen) atoms. The molecule has 5 heteroatoms. The molecule has 156 valence electrons. The Morgan fingerprint density at radius 2 is 1.73 bits per heavy atom. The monoisotopic (exact) mass is 403 g/mol. The zero-order valence-electron chi connectivity index (χ0n) is 18.1. The summed E-state index contributed by atoms with van der Waals surface area (Å²) in [6, 6.07) is 15.3. The molecule has 5 nitrogen and oxygen atoms in total. The Labute approximate surface area is 177 Å². The van der Waals surface area contributed by atoms with Crippen LogP contribution in [0, 0.1) is 5.92 Å². The van der Waals surface area contributed by atoms with Gasteiger partial charge in [0.1, 0.15) is 0 Å². The third-order valence-corrected chi connectivity index (χ3v) is 6.13. The highest BCUT2D eigenvalue weighted by Gasteiger charge is 2.43.